The fourth-order valence-electron chi connectivity index (χ4n) is 2.59. The first kappa shape index (κ1) is 18.5. The number of rotatable bonds is 3. The topological polar surface area (TPSA) is 20.2 Å². The summed E-state index contributed by atoms with van der Waals surface area (Å²) in [4.78, 5) is 0. The average molecular weight is 322 g/mol. The Hall–Kier alpha value is -1.86. The second kappa shape index (κ2) is 6.94. The van der Waals surface area contributed by atoms with Crippen LogP contribution < -0.4 is 0 Å². The van der Waals surface area contributed by atoms with Gasteiger partial charge in [0, 0.05) is 0 Å². The Bertz CT molecular complexity index is 677. The fraction of sp³-hybridized carbons (Fsp3) is 0.391. The molecule has 0 saturated heterocycles. The summed E-state index contributed by atoms with van der Waals surface area (Å²) in [5.41, 5.74) is 4.92. The van der Waals surface area contributed by atoms with Crippen LogP contribution in [0.3, 0.4) is 0 Å². The SMILES string of the molecule is CC(C)(C)c1ccc(/C=C/C(O)c2ccc(C(C)(C)C)cc2)cc1. The zero-order valence-corrected chi connectivity index (χ0v) is 15.8. The van der Waals surface area contributed by atoms with Gasteiger partial charge in [0.15, 0.2) is 0 Å². The molecule has 0 radical (unpaired) electrons. The smallest absolute Gasteiger partial charge is 0.0975 e. The maximum atomic E-state index is 10.4. The van der Waals surface area contributed by atoms with Crippen molar-refractivity contribution < 1.29 is 5.11 Å². The largest absolute Gasteiger partial charge is 0.384 e. The van der Waals surface area contributed by atoms with Crippen LogP contribution in [0.25, 0.3) is 6.08 Å². The molecular formula is C23H30O. The van der Waals surface area contributed by atoms with E-state index in [9.17, 15) is 5.11 Å². The van der Waals surface area contributed by atoms with E-state index in [0.29, 0.717) is 0 Å². The van der Waals surface area contributed by atoms with Gasteiger partial charge in [-0.25, -0.2) is 0 Å². The lowest BCUT2D eigenvalue weighted by molar-refractivity contribution is 0.229. The fourth-order valence-corrected chi connectivity index (χ4v) is 2.59. The molecule has 1 atom stereocenters. The maximum absolute atomic E-state index is 10.4. The summed E-state index contributed by atoms with van der Waals surface area (Å²) >= 11 is 0. The molecule has 0 saturated carbocycles. The molecule has 2 aromatic carbocycles. The van der Waals surface area contributed by atoms with E-state index in [1.807, 2.05) is 24.3 Å². The van der Waals surface area contributed by atoms with Crippen molar-refractivity contribution in [1.82, 2.24) is 0 Å². The van der Waals surface area contributed by atoms with Crippen LogP contribution in [0, 0.1) is 0 Å². The Balaban J connectivity index is 2.08. The van der Waals surface area contributed by atoms with Crippen molar-refractivity contribution in [3.63, 3.8) is 0 Å². The highest BCUT2D eigenvalue weighted by molar-refractivity contribution is 5.51. The summed E-state index contributed by atoms with van der Waals surface area (Å²) in [6.45, 7) is 13.2. The summed E-state index contributed by atoms with van der Waals surface area (Å²) in [5, 5.41) is 10.4. The van der Waals surface area contributed by atoms with Crippen LogP contribution in [0.4, 0.5) is 0 Å². The summed E-state index contributed by atoms with van der Waals surface area (Å²) in [7, 11) is 0. The normalized spacial score (nSPS) is 14.1. The number of aliphatic hydroxyl groups excluding tert-OH is 1. The van der Waals surface area contributed by atoms with Crippen LogP contribution in [0.2, 0.25) is 0 Å². The van der Waals surface area contributed by atoms with Crippen molar-refractivity contribution in [2.75, 3.05) is 0 Å². The van der Waals surface area contributed by atoms with E-state index < -0.39 is 6.10 Å². The van der Waals surface area contributed by atoms with Crippen molar-refractivity contribution in [2.45, 2.75) is 58.5 Å². The van der Waals surface area contributed by atoms with Gasteiger partial charge < -0.3 is 5.11 Å². The number of aliphatic hydroxyl groups is 1. The van der Waals surface area contributed by atoms with E-state index in [-0.39, 0.29) is 10.8 Å². The van der Waals surface area contributed by atoms with Gasteiger partial charge in [-0.15, -0.1) is 0 Å². The van der Waals surface area contributed by atoms with Crippen LogP contribution in [-0.2, 0) is 10.8 Å². The second-order valence-electron chi connectivity index (χ2n) is 8.55. The zero-order chi connectivity index (χ0) is 18.0. The third-order valence-electron chi connectivity index (χ3n) is 4.37. The summed E-state index contributed by atoms with van der Waals surface area (Å²) in [5.74, 6) is 0. The van der Waals surface area contributed by atoms with Crippen molar-refractivity contribution in [1.29, 1.82) is 0 Å². The quantitative estimate of drug-likeness (QED) is 0.731. The first-order valence-corrected chi connectivity index (χ1v) is 8.64. The Labute approximate surface area is 147 Å². The minimum Gasteiger partial charge on any atom is -0.384 e. The van der Waals surface area contributed by atoms with Gasteiger partial charge in [0.25, 0.3) is 0 Å². The molecule has 0 amide bonds. The van der Waals surface area contributed by atoms with E-state index in [2.05, 4.69) is 77.9 Å². The highest BCUT2D eigenvalue weighted by atomic mass is 16.3. The molecule has 1 unspecified atom stereocenters. The minimum atomic E-state index is -0.582. The van der Waals surface area contributed by atoms with Crippen LogP contribution in [0.1, 0.15) is 69.9 Å². The van der Waals surface area contributed by atoms with Crippen molar-refractivity contribution >= 4 is 6.08 Å². The molecular weight excluding hydrogens is 292 g/mol. The predicted molar refractivity (Wildman–Crippen MR) is 104 cm³/mol. The molecule has 2 rings (SSSR count). The van der Waals surface area contributed by atoms with Gasteiger partial charge in [0.2, 0.25) is 0 Å². The Morgan fingerprint density at radius 1 is 0.708 bits per heavy atom. The van der Waals surface area contributed by atoms with E-state index >= 15 is 0 Å². The van der Waals surface area contributed by atoms with Crippen molar-refractivity contribution in [2.24, 2.45) is 0 Å². The van der Waals surface area contributed by atoms with Crippen molar-refractivity contribution in [3.8, 4) is 0 Å². The second-order valence-corrected chi connectivity index (χ2v) is 8.55. The van der Waals surface area contributed by atoms with Gasteiger partial charge in [0.1, 0.15) is 0 Å². The van der Waals surface area contributed by atoms with Crippen LogP contribution >= 0.6 is 0 Å². The van der Waals surface area contributed by atoms with Crippen molar-refractivity contribution in [3.05, 3.63) is 76.9 Å². The van der Waals surface area contributed by atoms with E-state index in [4.69, 9.17) is 0 Å². The molecule has 0 aromatic heterocycles. The number of hydrogen-bond acceptors (Lipinski definition) is 1. The minimum absolute atomic E-state index is 0.133. The van der Waals surface area contributed by atoms with Gasteiger partial charge >= 0.3 is 0 Å². The monoisotopic (exact) mass is 322 g/mol. The Morgan fingerprint density at radius 3 is 1.54 bits per heavy atom. The van der Waals surface area contributed by atoms with Gasteiger partial charge in [-0.2, -0.15) is 0 Å². The molecule has 0 bridgehead atoms. The van der Waals surface area contributed by atoms with Crippen LogP contribution in [-0.4, -0.2) is 5.11 Å². The summed E-state index contributed by atoms with van der Waals surface area (Å²) in [6, 6.07) is 16.7. The Kier molecular flexibility index (Phi) is 5.35. The molecule has 0 aliphatic heterocycles. The molecule has 128 valence electrons. The molecule has 0 spiro atoms. The van der Waals surface area contributed by atoms with E-state index in [1.54, 1.807) is 0 Å². The zero-order valence-electron chi connectivity index (χ0n) is 15.8. The molecule has 1 N–H and O–H groups in total. The first-order valence-electron chi connectivity index (χ1n) is 8.64. The highest BCUT2D eigenvalue weighted by Crippen LogP contribution is 2.25. The van der Waals surface area contributed by atoms with Crippen LogP contribution in [0.15, 0.2) is 54.6 Å². The molecule has 2 aromatic rings. The molecule has 1 nitrogen and oxygen atoms in total. The molecule has 0 aliphatic carbocycles. The highest BCUT2D eigenvalue weighted by Gasteiger charge is 2.14. The lowest BCUT2D eigenvalue weighted by Gasteiger charge is -2.19. The number of benzene rings is 2. The first-order chi connectivity index (χ1) is 11.1. The predicted octanol–water partition coefficient (Wildman–Crippen LogP) is 6.03. The van der Waals surface area contributed by atoms with Crippen LogP contribution in [0.5, 0.6) is 0 Å². The molecule has 1 heteroatoms. The lowest BCUT2D eigenvalue weighted by Crippen LogP contribution is -2.10. The van der Waals surface area contributed by atoms with E-state index in [0.717, 1.165) is 11.1 Å². The average Bonchev–Trinajstić information content (AvgIpc) is 2.51. The molecule has 0 fully saturated rings. The number of hydrogen-bond donors (Lipinski definition) is 1. The standard InChI is InChI=1S/C23H30O/c1-22(2,3)19-12-7-17(8-13-19)9-16-21(24)18-10-14-20(15-11-18)23(4,5)6/h7-16,21,24H,1-6H3/b16-9+. The Morgan fingerprint density at radius 2 is 1.12 bits per heavy atom. The molecule has 24 heavy (non-hydrogen) atoms. The lowest BCUT2D eigenvalue weighted by atomic mass is 9.86. The van der Waals surface area contributed by atoms with Gasteiger partial charge in [0.05, 0.1) is 6.10 Å². The molecule has 0 heterocycles. The summed E-state index contributed by atoms with van der Waals surface area (Å²) < 4.78 is 0. The van der Waals surface area contributed by atoms with Gasteiger partial charge in [-0.3, -0.25) is 0 Å². The maximum Gasteiger partial charge on any atom is 0.0975 e. The van der Waals surface area contributed by atoms with E-state index in [1.165, 1.54) is 11.1 Å². The third kappa shape index (κ3) is 4.82. The van der Waals surface area contributed by atoms with Gasteiger partial charge in [-0.05, 0) is 33.1 Å². The molecule has 0 aliphatic rings. The third-order valence-corrected chi connectivity index (χ3v) is 4.37. The summed E-state index contributed by atoms with van der Waals surface area (Å²) in [6.07, 6.45) is 3.24. The van der Waals surface area contributed by atoms with Gasteiger partial charge in [-0.1, -0.05) is 102 Å².